The molecule has 208 valence electrons. The van der Waals surface area contributed by atoms with Gasteiger partial charge < -0.3 is 19.0 Å². The number of fused-ring (bicyclic) bond motifs is 2. The van der Waals surface area contributed by atoms with Crippen LogP contribution in [0.5, 0.6) is 0 Å². The van der Waals surface area contributed by atoms with Crippen LogP contribution in [0.1, 0.15) is 51.7 Å². The Hall–Kier alpha value is -2.34. The van der Waals surface area contributed by atoms with Gasteiger partial charge in [-0.1, -0.05) is 60.7 Å². The largest absolute Gasteiger partial charge is 0.750 e. The molecule has 0 fully saturated rings. The lowest BCUT2D eigenvalue weighted by atomic mass is 9.81. The van der Waals surface area contributed by atoms with Crippen LogP contribution in [0.25, 0.3) is 0 Å². The molecule has 2 aliphatic heterocycles. The van der Waals surface area contributed by atoms with Crippen LogP contribution in [0, 0.1) is 0 Å². The topological polar surface area (TPSA) is 84.7 Å². The number of carbonyl (C=O) groups is 1. The van der Waals surface area contributed by atoms with Crippen LogP contribution >= 0.6 is 22.6 Å². The minimum absolute atomic E-state index is 0.00642. The molecule has 2 aliphatic rings. The number of halogens is 1. The third kappa shape index (κ3) is 6.06. The average Bonchev–Trinajstić information content (AvgIpc) is 3.22. The summed E-state index contributed by atoms with van der Waals surface area (Å²) in [5.74, 6) is -0.00642. The van der Waals surface area contributed by atoms with Crippen LogP contribution < -0.4 is 10.2 Å². The van der Waals surface area contributed by atoms with Gasteiger partial charge >= 0.3 is 0 Å². The smallest absolute Gasteiger partial charge is 0.234 e. The van der Waals surface area contributed by atoms with Crippen molar-refractivity contribution in [2.24, 2.45) is 0 Å². The molecule has 2 aromatic rings. The van der Waals surface area contributed by atoms with E-state index in [4.69, 9.17) is 4.18 Å². The Balaban J connectivity index is 1.60. The molecule has 0 aromatic heterocycles. The van der Waals surface area contributed by atoms with Gasteiger partial charge in [0.05, 0.1) is 27.8 Å². The number of nitrogens with zero attached hydrogens (tertiary/aromatic N) is 2. The van der Waals surface area contributed by atoms with Gasteiger partial charge in [0.15, 0.2) is 5.71 Å². The van der Waals surface area contributed by atoms with Crippen molar-refractivity contribution in [3.8, 4) is 0 Å². The van der Waals surface area contributed by atoms with Crippen LogP contribution in [-0.2, 0) is 31.2 Å². The Bertz CT molecular complexity index is 1380. The van der Waals surface area contributed by atoms with Crippen LogP contribution in [-0.4, -0.2) is 49.6 Å². The van der Waals surface area contributed by atoms with Crippen molar-refractivity contribution in [2.45, 2.75) is 51.4 Å². The number of hydrogen-bond donors (Lipinski definition) is 1. The number of carbonyl (C=O) groups excluding carboxylic acids is 1. The summed E-state index contributed by atoms with van der Waals surface area (Å²) in [7, 11) is 2.09. The predicted molar refractivity (Wildman–Crippen MR) is 166 cm³/mol. The summed E-state index contributed by atoms with van der Waals surface area (Å²) in [6, 6.07) is 14.6. The first kappa shape index (κ1) is 29.6. The van der Waals surface area contributed by atoms with Crippen molar-refractivity contribution in [1.29, 1.82) is 0 Å². The first-order valence-electron chi connectivity index (χ1n) is 13.1. The zero-order valence-corrected chi connectivity index (χ0v) is 26.1. The van der Waals surface area contributed by atoms with Gasteiger partial charge in [-0.25, -0.2) is 4.21 Å². The van der Waals surface area contributed by atoms with Gasteiger partial charge in [0, 0.05) is 46.7 Å². The Morgan fingerprint density at radius 1 is 1.13 bits per heavy atom. The Kier molecular flexibility index (Phi) is 9.15. The molecule has 4 rings (SSSR count). The number of hydrogen-bond acceptors (Lipinski definition) is 5. The second-order valence-electron chi connectivity index (χ2n) is 10.9. The minimum atomic E-state index is -2.47. The molecule has 1 N–H and O–H groups in total. The number of rotatable bonds is 10. The van der Waals surface area contributed by atoms with Crippen molar-refractivity contribution >= 4 is 62.6 Å². The van der Waals surface area contributed by atoms with Crippen molar-refractivity contribution in [3.63, 3.8) is 0 Å². The van der Waals surface area contributed by atoms with Gasteiger partial charge in [-0.3, -0.25) is 4.79 Å². The van der Waals surface area contributed by atoms with E-state index in [1.807, 2.05) is 6.07 Å². The van der Waals surface area contributed by atoms with Gasteiger partial charge in [0.25, 0.3) is 0 Å². The van der Waals surface area contributed by atoms with Crippen molar-refractivity contribution in [3.05, 3.63) is 77.5 Å². The quantitative estimate of drug-likeness (QED) is 0.113. The fraction of sp³-hybridized carbons (Fsp3) is 0.400. The summed E-state index contributed by atoms with van der Waals surface area (Å²) in [4.78, 5) is 14.3. The lowest BCUT2D eigenvalue weighted by molar-refractivity contribution is -0.401. The molecule has 0 spiro atoms. The maximum Gasteiger partial charge on any atom is 0.234 e. The number of nitrogens with one attached hydrogen (secondary N) is 1. The number of para-hydroxylation sites is 1. The molecular weight excluding hydrogens is 625 g/mol. The third-order valence-electron chi connectivity index (χ3n) is 7.70. The van der Waals surface area contributed by atoms with E-state index in [0.29, 0.717) is 10.8 Å². The SMILES string of the molecule is C[N+]1=C(C=CC=C2N(CCCCOS(=O)[O-])c3ccccc3C2(C)C)C(C)(C)c2cc(NC(=O)CI)ccc21. The number of benzene rings is 2. The van der Waals surface area contributed by atoms with E-state index in [-0.39, 0.29) is 23.3 Å². The first-order valence-corrected chi connectivity index (χ1v) is 15.6. The standard InChI is InChI=1S/C30H36IN3O4S/c1-29(2)22-11-6-7-12-25(22)34(17-8-9-18-38-39(36)37)27(29)14-10-13-26-30(3,4)23-19-21(32-28(35)20-31)15-16-24(23)33(26)5/h6-7,10-16,19H,8-9,17-18,20H2,1-5H3,(H-,32,35,36,37). The monoisotopic (exact) mass is 661 g/mol. The Labute approximate surface area is 247 Å². The molecule has 2 heterocycles. The van der Waals surface area contributed by atoms with E-state index < -0.39 is 11.4 Å². The number of anilines is 2. The predicted octanol–water partition coefficient (Wildman–Crippen LogP) is 5.89. The van der Waals surface area contributed by atoms with E-state index in [2.05, 4.69) is 127 Å². The molecule has 0 saturated carbocycles. The summed E-state index contributed by atoms with van der Waals surface area (Å²) in [6.07, 6.45) is 7.99. The van der Waals surface area contributed by atoms with Crippen LogP contribution in [0.15, 0.2) is 66.4 Å². The molecule has 0 radical (unpaired) electrons. The second kappa shape index (κ2) is 12.0. The van der Waals surface area contributed by atoms with E-state index in [1.165, 1.54) is 28.2 Å². The summed E-state index contributed by atoms with van der Waals surface area (Å²) in [5.41, 5.74) is 7.57. The zero-order chi connectivity index (χ0) is 28.4. The highest BCUT2D eigenvalue weighted by atomic mass is 127. The van der Waals surface area contributed by atoms with E-state index >= 15 is 0 Å². The maximum atomic E-state index is 11.9. The Morgan fingerprint density at radius 2 is 1.87 bits per heavy atom. The van der Waals surface area contributed by atoms with Crippen LogP contribution in [0.2, 0.25) is 0 Å². The van der Waals surface area contributed by atoms with Gasteiger partial charge in [0.1, 0.15) is 7.05 Å². The maximum absolute atomic E-state index is 11.9. The molecule has 9 heteroatoms. The minimum Gasteiger partial charge on any atom is -0.750 e. The van der Waals surface area contributed by atoms with E-state index in [9.17, 15) is 13.6 Å². The summed E-state index contributed by atoms with van der Waals surface area (Å²) >= 11 is -0.402. The lowest BCUT2D eigenvalue weighted by Gasteiger charge is -2.27. The van der Waals surface area contributed by atoms with Crippen molar-refractivity contribution in [1.82, 2.24) is 0 Å². The normalized spacial score (nSPS) is 19.1. The number of allylic oxidation sites excluding steroid dienone is 4. The van der Waals surface area contributed by atoms with Gasteiger partial charge in [-0.05, 0) is 56.5 Å². The molecule has 2 aromatic carbocycles. The second-order valence-corrected chi connectivity index (χ2v) is 12.3. The average molecular weight is 662 g/mol. The molecule has 1 atom stereocenters. The summed E-state index contributed by atoms with van der Waals surface area (Å²) in [5, 5.41) is 2.98. The molecular formula is C30H36IN3O4S. The molecule has 39 heavy (non-hydrogen) atoms. The first-order chi connectivity index (χ1) is 18.5. The summed E-state index contributed by atoms with van der Waals surface area (Å²) in [6.45, 7) is 9.88. The zero-order valence-electron chi connectivity index (χ0n) is 23.1. The Morgan fingerprint density at radius 3 is 2.59 bits per heavy atom. The third-order valence-corrected chi connectivity index (χ3v) is 8.75. The molecule has 0 bridgehead atoms. The van der Waals surface area contributed by atoms with Gasteiger partial charge in [-0.2, -0.15) is 4.58 Å². The van der Waals surface area contributed by atoms with Crippen molar-refractivity contribution in [2.75, 3.05) is 34.8 Å². The molecule has 0 saturated heterocycles. The molecule has 1 unspecified atom stereocenters. The van der Waals surface area contributed by atoms with Crippen LogP contribution in [0.4, 0.5) is 17.1 Å². The highest BCUT2D eigenvalue weighted by molar-refractivity contribution is 14.1. The molecule has 1 amide bonds. The molecule has 7 nitrogen and oxygen atoms in total. The highest BCUT2D eigenvalue weighted by Gasteiger charge is 2.43. The summed E-state index contributed by atoms with van der Waals surface area (Å²) < 4.78 is 28.7. The highest BCUT2D eigenvalue weighted by Crippen LogP contribution is 2.48. The number of unbranched alkanes of at least 4 members (excludes halogenated alkanes) is 1. The van der Waals surface area contributed by atoms with Crippen LogP contribution in [0.3, 0.4) is 0 Å². The van der Waals surface area contributed by atoms with Crippen molar-refractivity contribution < 1.29 is 22.3 Å². The number of alkyl halides is 1. The number of amides is 1. The van der Waals surface area contributed by atoms with E-state index in [0.717, 1.165) is 24.3 Å². The lowest BCUT2D eigenvalue weighted by Crippen LogP contribution is -2.28. The van der Waals surface area contributed by atoms with E-state index in [1.54, 1.807) is 0 Å². The fourth-order valence-electron chi connectivity index (χ4n) is 5.72. The van der Waals surface area contributed by atoms with Gasteiger partial charge in [0.2, 0.25) is 11.6 Å². The molecule has 0 aliphatic carbocycles. The van der Waals surface area contributed by atoms with Gasteiger partial charge in [-0.15, -0.1) is 0 Å². The fourth-order valence-corrected chi connectivity index (χ4v) is 6.16.